The van der Waals surface area contributed by atoms with Crippen molar-refractivity contribution in [2.45, 2.75) is 11.9 Å². The van der Waals surface area contributed by atoms with Gasteiger partial charge in [-0.15, -0.1) is 0 Å². The number of ether oxygens (including phenoxy) is 1. The molecule has 0 aromatic heterocycles. The molecule has 2 nitrogen and oxygen atoms in total. The number of aliphatic hydroxyl groups excluding tert-OH is 1. The lowest BCUT2D eigenvalue weighted by atomic mass is 10.0. The first-order chi connectivity index (χ1) is 6.74. The van der Waals surface area contributed by atoms with E-state index >= 15 is 0 Å². The van der Waals surface area contributed by atoms with Crippen LogP contribution in [0.1, 0.15) is 17.2 Å². The van der Waals surface area contributed by atoms with E-state index in [4.69, 9.17) is 16.3 Å². The smallest absolute Gasteiger partial charge is 0.123 e. The lowest BCUT2D eigenvalue weighted by molar-refractivity contribution is 0.201. The molecule has 0 radical (unpaired) electrons. The Morgan fingerprint density at radius 2 is 2.36 bits per heavy atom. The molecule has 0 unspecified atom stereocenters. The normalized spacial score (nSPS) is 20.4. The van der Waals surface area contributed by atoms with Crippen molar-refractivity contribution in [3.05, 3.63) is 28.3 Å². The topological polar surface area (TPSA) is 29.5 Å². The van der Waals surface area contributed by atoms with Crippen molar-refractivity contribution in [1.29, 1.82) is 0 Å². The van der Waals surface area contributed by atoms with Crippen LogP contribution >= 0.6 is 23.4 Å². The first-order valence-corrected chi connectivity index (χ1v) is 5.88. The molecular formula is C10H11ClO2S. The predicted molar refractivity (Wildman–Crippen MR) is 59.1 cm³/mol. The highest BCUT2D eigenvalue weighted by Crippen LogP contribution is 2.40. The van der Waals surface area contributed by atoms with E-state index in [1.54, 1.807) is 24.9 Å². The summed E-state index contributed by atoms with van der Waals surface area (Å²) < 4.78 is 5.23. The van der Waals surface area contributed by atoms with Crippen LogP contribution in [0.3, 0.4) is 0 Å². The monoisotopic (exact) mass is 230 g/mol. The zero-order chi connectivity index (χ0) is 10.1. The van der Waals surface area contributed by atoms with Crippen LogP contribution in [0.2, 0.25) is 5.02 Å². The first kappa shape index (κ1) is 10.1. The van der Waals surface area contributed by atoms with Gasteiger partial charge in [-0.25, -0.2) is 0 Å². The molecule has 0 amide bonds. The van der Waals surface area contributed by atoms with Gasteiger partial charge in [0, 0.05) is 27.7 Å². The summed E-state index contributed by atoms with van der Waals surface area (Å²) in [6.07, 6.45) is -0.466. The average Bonchev–Trinajstić information content (AvgIpc) is 2.18. The number of aliphatic hydroxyl groups is 1. The van der Waals surface area contributed by atoms with Crippen LogP contribution < -0.4 is 4.74 Å². The third-order valence-electron chi connectivity index (χ3n) is 2.34. The lowest BCUT2D eigenvalue weighted by Gasteiger charge is -2.23. The molecule has 1 atom stereocenters. The van der Waals surface area contributed by atoms with E-state index in [0.29, 0.717) is 10.8 Å². The van der Waals surface area contributed by atoms with Crippen molar-refractivity contribution < 1.29 is 9.84 Å². The van der Waals surface area contributed by atoms with Crippen LogP contribution in [0.4, 0.5) is 0 Å². The van der Waals surface area contributed by atoms with Crippen molar-refractivity contribution in [3.8, 4) is 5.75 Å². The van der Waals surface area contributed by atoms with E-state index in [0.717, 1.165) is 22.6 Å². The third-order valence-corrected chi connectivity index (χ3v) is 3.71. The Hall–Kier alpha value is -0.380. The molecule has 1 aliphatic rings. The molecule has 0 aliphatic carbocycles. The van der Waals surface area contributed by atoms with Crippen molar-refractivity contribution in [3.63, 3.8) is 0 Å². The summed E-state index contributed by atoms with van der Waals surface area (Å²) >= 11 is 7.74. The van der Waals surface area contributed by atoms with Crippen LogP contribution in [-0.4, -0.2) is 18.0 Å². The number of hydrogen-bond donors (Lipinski definition) is 1. The molecule has 76 valence electrons. The molecule has 14 heavy (non-hydrogen) atoms. The summed E-state index contributed by atoms with van der Waals surface area (Å²) in [5.74, 6) is 2.38. The van der Waals surface area contributed by atoms with Crippen molar-refractivity contribution in [2.75, 3.05) is 12.9 Å². The summed E-state index contributed by atoms with van der Waals surface area (Å²) in [4.78, 5) is 0. The van der Waals surface area contributed by atoms with Gasteiger partial charge in [0.15, 0.2) is 0 Å². The van der Waals surface area contributed by atoms with E-state index in [-0.39, 0.29) is 0 Å². The van der Waals surface area contributed by atoms with Gasteiger partial charge < -0.3 is 9.84 Å². The summed E-state index contributed by atoms with van der Waals surface area (Å²) in [6, 6.07) is 3.62. The maximum Gasteiger partial charge on any atom is 0.123 e. The van der Waals surface area contributed by atoms with Gasteiger partial charge in [-0.3, -0.25) is 0 Å². The summed E-state index contributed by atoms with van der Waals surface area (Å²) in [6.45, 7) is 0. The maximum absolute atomic E-state index is 9.80. The van der Waals surface area contributed by atoms with Crippen molar-refractivity contribution in [1.82, 2.24) is 0 Å². The number of halogens is 1. The zero-order valence-corrected chi connectivity index (χ0v) is 9.36. The van der Waals surface area contributed by atoms with Gasteiger partial charge in [-0.1, -0.05) is 11.6 Å². The molecule has 0 fully saturated rings. The van der Waals surface area contributed by atoms with E-state index in [9.17, 15) is 5.11 Å². The quantitative estimate of drug-likeness (QED) is 0.804. The maximum atomic E-state index is 9.80. The fraction of sp³-hybridized carbons (Fsp3) is 0.400. The Morgan fingerprint density at radius 1 is 1.57 bits per heavy atom. The van der Waals surface area contributed by atoms with E-state index in [1.165, 1.54) is 0 Å². The molecule has 0 spiro atoms. The second kappa shape index (κ2) is 4.01. The predicted octanol–water partition coefficient (Wildman–Crippen LogP) is 2.63. The number of fused-ring (bicyclic) bond motifs is 1. The van der Waals surface area contributed by atoms with Gasteiger partial charge in [-0.2, -0.15) is 11.8 Å². The Kier molecular flexibility index (Phi) is 2.91. The fourth-order valence-electron chi connectivity index (χ4n) is 1.67. The summed E-state index contributed by atoms with van der Waals surface area (Å²) in [5, 5.41) is 10.4. The molecule has 0 bridgehead atoms. The van der Waals surface area contributed by atoms with Gasteiger partial charge in [0.2, 0.25) is 0 Å². The number of thioether (sulfide) groups is 1. The van der Waals surface area contributed by atoms with Crippen LogP contribution in [-0.2, 0) is 5.75 Å². The van der Waals surface area contributed by atoms with Gasteiger partial charge in [0.25, 0.3) is 0 Å². The van der Waals surface area contributed by atoms with Crippen LogP contribution in [0.5, 0.6) is 5.75 Å². The van der Waals surface area contributed by atoms with Gasteiger partial charge >= 0.3 is 0 Å². The molecule has 0 saturated carbocycles. The van der Waals surface area contributed by atoms with E-state index in [2.05, 4.69) is 0 Å². The molecule has 1 heterocycles. The molecule has 1 aromatic rings. The second-order valence-corrected chi connectivity index (χ2v) is 4.61. The highest BCUT2D eigenvalue weighted by molar-refractivity contribution is 7.98. The fourth-order valence-corrected chi connectivity index (χ4v) is 2.99. The largest absolute Gasteiger partial charge is 0.496 e. The molecule has 1 N–H and O–H groups in total. The number of benzene rings is 1. The van der Waals surface area contributed by atoms with Crippen molar-refractivity contribution in [2.24, 2.45) is 0 Å². The number of methoxy groups -OCH3 is 1. The lowest BCUT2D eigenvalue weighted by Crippen LogP contribution is -2.11. The highest BCUT2D eigenvalue weighted by atomic mass is 35.5. The molecule has 0 saturated heterocycles. The van der Waals surface area contributed by atoms with Gasteiger partial charge in [0.1, 0.15) is 5.75 Å². The Morgan fingerprint density at radius 3 is 3.07 bits per heavy atom. The van der Waals surface area contributed by atoms with Gasteiger partial charge in [0.05, 0.1) is 13.2 Å². The summed E-state index contributed by atoms with van der Waals surface area (Å²) in [5.41, 5.74) is 1.87. The van der Waals surface area contributed by atoms with Crippen molar-refractivity contribution >= 4 is 23.4 Å². The van der Waals surface area contributed by atoms with Crippen LogP contribution in [0, 0.1) is 0 Å². The summed E-state index contributed by atoms with van der Waals surface area (Å²) in [7, 11) is 1.63. The Balaban J connectivity index is 2.57. The number of rotatable bonds is 1. The highest BCUT2D eigenvalue weighted by Gasteiger charge is 2.23. The van der Waals surface area contributed by atoms with E-state index < -0.39 is 6.10 Å². The zero-order valence-electron chi connectivity index (χ0n) is 7.79. The SMILES string of the molecule is COc1ccc(Cl)c2c1CSC[C@@H]2O. The van der Waals surface area contributed by atoms with Crippen LogP contribution in [0.15, 0.2) is 12.1 Å². The minimum atomic E-state index is -0.466. The first-order valence-electron chi connectivity index (χ1n) is 4.35. The molecule has 4 heteroatoms. The molecule has 1 aromatic carbocycles. The average molecular weight is 231 g/mol. The minimum absolute atomic E-state index is 0.466. The molecular weight excluding hydrogens is 220 g/mol. The molecule has 2 rings (SSSR count). The van der Waals surface area contributed by atoms with E-state index in [1.807, 2.05) is 6.07 Å². The third kappa shape index (κ3) is 1.60. The standard InChI is InChI=1S/C10H11ClO2S/c1-13-9-3-2-7(11)10-6(9)4-14-5-8(10)12/h2-3,8,12H,4-5H2,1H3/t8-/m0/s1. The second-order valence-electron chi connectivity index (χ2n) is 3.17. The Bertz CT molecular complexity index is 354. The van der Waals surface area contributed by atoms with Crippen LogP contribution in [0.25, 0.3) is 0 Å². The minimum Gasteiger partial charge on any atom is -0.496 e. The van der Waals surface area contributed by atoms with Gasteiger partial charge in [-0.05, 0) is 12.1 Å². The number of hydrogen-bond acceptors (Lipinski definition) is 3. The molecule has 1 aliphatic heterocycles. The Labute approximate surface area is 92.2 Å².